The summed E-state index contributed by atoms with van der Waals surface area (Å²) < 4.78 is 2.11. The average molecular weight is 432 g/mol. The molecule has 2 saturated heterocycles. The summed E-state index contributed by atoms with van der Waals surface area (Å²) in [5.41, 5.74) is 3.55. The van der Waals surface area contributed by atoms with E-state index in [-0.39, 0.29) is 11.8 Å². The van der Waals surface area contributed by atoms with Crippen molar-refractivity contribution in [2.75, 3.05) is 45.8 Å². The fraction of sp³-hybridized carbons (Fsp3) is 0.400. The molecule has 0 bridgehead atoms. The molecule has 2 aliphatic heterocycles. The van der Waals surface area contributed by atoms with Crippen LogP contribution in [0.4, 0.5) is 0 Å². The molecule has 0 radical (unpaired) electrons. The average Bonchev–Trinajstić information content (AvgIpc) is 3.47. The lowest BCUT2D eigenvalue weighted by atomic mass is 10.1. The molecule has 2 aromatic carbocycles. The third kappa shape index (κ3) is 4.00. The first-order chi connectivity index (χ1) is 15.6. The Hall–Kier alpha value is -3.19. The van der Waals surface area contributed by atoms with Gasteiger partial charge in [-0.15, -0.1) is 0 Å². The predicted molar refractivity (Wildman–Crippen MR) is 124 cm³/mol. The molecule has 2 fully saturated rings. The van der Waals surface area contributed by atoms with Crippen LogP contribution in [0, 0.1) is 6.92 Å². The van der Waals surface area contributed by atoms with E-state index in [1.165, 1.54) is 0 Å². The number of amides is 2. The molecule has 1 aromatic heterocycles. The topological polar surface area (TPSA) is 61.7 Å². The molecule has 2 aliphatic rings. The Kier molecular flexibility index (Phi) is 5.66. The van der Waals surface area contributed by atoms with E-state index in [4.69, 9.17) is 4.98 Å². The highest BCUT2D eigenvalue weighted by Gasteiger charge is 2.26. The summed E-state index contributed by atoms with van der Waals surface area (Å²) in [5, 5.41) is 0. The summed E-state index contributed by atoms with van der Waals surface area (Å²) in [6.07, 6.45) is 2.23. The standard InChI is InChI=1S/C25H29N5O2/c1-19-26-22-17-20(9-10-23(22)30(19)21-7-3-2-4-8-21)25(32)29-15-13-27(14-16-29)18-24(31)28-11-5-6-12-28/h2-4,7-10,17H,5-6,11-16,18H2,1H3. The van der Waals surface area contributed by atoms with Crippen LogP contribution >= 0.6 is 0 Å². The fourth-order valence-electron chi connectivity index (χ4n) is 4.79. The maximum absolute atomic E-state index is 13.1. The van der Waals surface area contributed by atoms with Crippen molar-refractivity contribution in [3.63, 3.8) is 0 Å². The summed E-state index contributed by atoms with van der Waals surface area (Å²) in [4.78, 5) is 36.3. The van der Waals surface area contributed by atoms with Crippen molar-refractivity contribution in [2.24, 2.45) is 0 Å². The Morgan fingerprint density at radius 1 is 0.875 bits per heavy atom. The van der Waals surface area contributed by atoms with Crippen molar-refractivity contribution < 1.29 is 9.59 Å². The summed E-state index contributed by atoms with van der Waals surface area (Å²) in [5.74, 6) is 1.15. The van der Waals surface area contributed by atoms with Gasteiger partial charge in [-0.3, -0.25) is 19.1 Å². The van der Waals surface area contributed by atoms with Gasteiger partial charge in [0.1, 0.15) is 5.82 Å². The highest BCUT2D eigenvalue weighted by molar-refractivity contribution is 5.97. The molecule has 0 aliphatic carbocycles. The molecular weight excluding hydrogens is 402 g/mol. The molecule has 3 aromatic rings. The van der Waals surface area contributed by atoms with Gasteiger partial charge in [0.05, 0.1) is 17.6 Å². The van der Waals surface area contributed by atoms with Gasteiger partial charge in [-0.05, 0) is 50.1 Å². The van der Waals surface area contributed by atoms with Gasteiger partial charge >= 0.3 is 0 Å². The molecule has 7 heteroatoms. The lowest BCUT2D eigenvalue weighted by molar-refractivity contribution is -0.131. The van der Waals surface area contributed by atoms with E-state index in [0.717, 1.165) is 61.6 Å². The van der Waals surface area contributed by atoms with Gasteiger partial charge in [0.25, 0.3) is 5.91 Å². The molecule has 0 saturated carbocycles. The Labute approximate surface area is 188 Å². The minimum atomic E-state index is 0.0318. The van der Waals surface area contributed by atoms with Crippen molar-refractivity contribution in [3.05, 3.63) is 59.9 Å². The smallest absolute Gasteiger partial charge is 0.254 e. The number of rotatable bonds is 4. The van der Waals surface area contributed by atoms with Gasteiger partial charge in [0, 0.05) is 50.5 Å². The summed E-state index contributed by atoms with van der Waals surface area (Å²) >= 11 is 0. The van der Waals surface area contributed by atoms with E-state index >= 15 is 0 Å². The number of imidazole rings is 1. The molecule has 166 valence electrons. The van der Waals surface area contributed by atoms with Crippen LogP contribution in [0.15, 0.2) is 48.5 Å². The Morgan fingerprint density at radius 2 is 1.59 bits per heavy atom. The maximum atomic E-state index is 13.1. The van der Waals surface area contributed by atoms with Crippen molar-refractivity contribution >= 4 is 22.8 Å². The number of para-hydroxylation sites is 1. The SMILES string of the molecule is Cc1nc2cc(C(=O)N3CCN(CC(=O)N4CCCC4)CC3)ccc2n1-c1ccccc1. The zero-order chi connectivity index (χ0) is 22.1. The number of benzene rings is 2. The minimum absolute atomic E-state index is 0.0318. The van der Waals surface area contributed by atoms with E-state index < -0.39 is 0 Å². The Balaban J connectivity index is 1.26. The Morgan fingerprint density at radius 3 is 2.31 bits per heavy atom. The van der Waals surface area contributed by atoms with Gasteiger partial charge in [0.2, 0.25) is 5.91 Å². The highest BCUT2D eigenvalue weighted by atomic mass is 16.2. The van der Waals surface area contributed by atoms with Gasteiger partial charge in [-0.25, -0.2) is 4.98 Å². The second-order valence-electron chi connectivity index (χ2n) is 8.69. The molecule has 3 heterocycles. The molecule has 2 amide bonds. The van der Waals surface area contributed by atoms with Crippen molar-refractivity contribution in [1.82, 2.24) is 24.3 Å². The van der Waals surface area contributed by atoms with Crippen LogP contribution in [0.5, 0.6) is 0 Å². The normalized spacial score (nSPS) is 17.3. The number of aryl methyl sites for hydroxylation is 1. The Bertz CT molecular complexity index is 1130. The zero-order valence-electron chi connectivity index (χ0n) is 18.5. The lowest BCUT2D eigenvalue weighted by Crippen LogP contribution is -2.51. The number of fused-ring (bicyclic) bond motifs is 1. The highest BCUT2D eigenvalue weighted by Crippen LogP contribution is 2.23. The third-order valence-corrected chi connectivity index (χ3v) is 6.56. The molecule has 0 atom stereocenters. The van der Waals surface area contributed by atoms with Crippen LogP contribution in [0.1, 0.15) is 29.0 Å². The number of hydrogen-bond donors (Lipinski definition) is 0. The minimum Gasteiger partial charge on any atom is -0.342 e. The van der Waals surface area contributed by atoms with Gasteiger partial charge in [0.15, 0.2) is 0 Å². The molecule has 7 nitrogen and oxygen atoms in total. The van der Waals surface area contributed by atoms with E-state index in [1.807, 2.05) is 53.1 Å². The van der Waals surface area contributed by atoms with E-state index in [0.29, 0.717) is 25.2 Å². The van der Waals surface area contributed by atoms with Crippen LogP contribution in [0.2, 0.25) is 0 Å². The first-order valence-electron chi connectivity index (χ1n) is 11.4. The molecule has 0 spiro atoms. The number of hydrogen-bond acceptors (Lipinski definition) is 4. The van der Waals surface area contributed by atoms with Crippen LogP contribution in [-0.2, 0) is 4.79 Å². The molecule has 5 rings (SSSR count). The fourth-order valence-corrected chi connectivity index (χ4v) is 4.79. The van der Waals surface area contributed by atoms with Gasteiger partial charge < -0.3 is 9.80 Å². The third-order valence-electron chi connectivity index (χ3n) is 6.56. The van der Waals surface area contributed by atoms with Crippen molar-refractivity contribution in [3.8, 4) is 5.69 Å². The van der Waals surface area contributed by atoms with E-state index in [2.05, 4.69) is 21.6 Å². The van der Waals surface area contributed by atoms with Gasteiger partial charge in [-0.2, -0.15) is 0 Å². The zero-order valence-corrected chi connectivity index (χ0v) is 18.5. The molecular formula is C25H29N5O2. The van der Waals surface area contributed by atoms with Crippen LogP contribution < -0.4 is 0 Å². The number of nitrogens with zero attached hydrogens (tertiary/aromatic N) is 5. The second-order valence-corrected chi connectivity index (χ2v) is 8.69. The van der Waals surface area contributed by atoms with Crippen molar-refractivity contribution in [1.29, 1.82) is 0 Å². The van der Waals surface area contributed by atoms with Gasteiger partial charge in [-0.1, -0.05) is 18.2 Å². The molecule has 32 heavy (non-hydrogen) atoms. The number of likely N-dealkylation sites (tertiary alicyclic amines) is 1. The summed E-state index contributed by atoms with van der Waals surface area (Å²) in [6, 6.07) is 15.9. The number of aromatic nitrogens is 2. The lowest BCUT2D eigenvalue weighted by Gasteiger charge is -2.35. The molecule has 0 N–H and O–H groups in total. The summed E-state index contributed by atoms with van der Waals surface area (Å²) in [6.45, 7) is 6.97. The van der Waals surface area contributed by atoms with Crippen LogP contribution in [-0.4, -0.2) is 81.9 Å². The van der Waals surface area contributed by atoms with Crippen LogP contribution in [0.3, 0.4) is 0 Å². The first kappa shape index (κ1) is 20.7. The van der Waals surface area contributed by atoms with Crippen LogP contribution in [0.25, 0.3) is 16.7 Å². The second kappa shape index (κ2) is 8.74. The van der Waals surface area contributed by atoms with E-state index in [1.54, 1.807) is 0 Å². The summed E-state index contributed by atoms with van der Waals surface area (Å²) in [7, 11) is 0. The number of piperazine rings is 1. The van der Waals surface area contributed by atoms with Crippen molar-refractivity contribution in [2.45, 2.75) is 19.8 Å². The predicted octanol–water partition coefficient (Wildman–Crippen LogP) is 2.71. The molecule has 0 unspecified atom stereocenters. The first-order valence-corrected chi connectivity index (χ1v) is 11.4. The quantitative estimate of drug-likeness (QED) is 0.637. The monoisotopic (exact) mass is 431 g/mol. The largest absolute Gasteiger partial charge is 0.342 e. The maximum Gasteiger partial charge on any atom is 0.254 e. The number of carbonyl (C=O) groups excluding carboxylic acids is 2. The van der Waals surface area contributed by atoms with E-state index in [9.17, 15) is 9.59 Å². The number of carbonyl (C=O) groups is 2.